The van der Waals surface area contributed by atoms with Gasteiger partial charge in [-0.1, -0.05) is 6.07 Å². The minimum Gasteiger partial charge on any atom is -0.289 e. The van der Waals surface area contributed by atoms with Crippen molar-refractivity contribution in [1.82, 2.24) is 9.62 Å². The largest absolute Gasteiger partial charge is 0.289 e. The van der Waals surface area contributed by atoms with E-state index in [2.05, 4.69) is 10.8 Å². The molecule has 2 rings (SSSR count). The molecule has 20 heavy (non-hydrogen) atoms. The number of likely N-dealkylation sites (tertiary alicyclic amines) is 1. The summed E-state index contributed by atoms with van der Waals surface area (Å²) in [5.41, 5.74) is 0. The number of nitrogens with one attached hydrogen (secondary N) is 1. The number of hydrogen-bond donors (Lipinski definition) is 1. The molecule has 1 aliphatic rings. The summed E-state index contributed by atoms with van der Waals surface area (Å²) >= 11 is 0. The molecule has 1 fully saturated rings. The van der Waals surface area contributed by atoms with Crippen molar-refractivity contribution < 1.29 is 12.8 Å². The molecule has 0 unspecified atom stereocenters. The van der Waals surface area contributed by atoms with Gasteiger partial charge < -0.3 is 0 Å². The quantitative estimate of drug-likeness (QED) is 0.844. The molecule has 1 heterocycles. The smallest absolute Gasteiger partial charge is 0.240 e. The Balaban J connectivity index is 2.07. The van der Waals surface area contributed by atoms with E-state index in [9.17, 15) is 12.8 Å². The lowest BCUT2D eigenvalue weighted by Gasteiger charge is -2.31. The zero-order chi connectivity index (χ0) is 14.6. The van der Waals surface area contributed by atoms with Crippen molar-refractivity contribution >= 4 is 10.0 Å². The summed E-state index contributed by atoms with van der Waals surface area (Å²) in [7, 11) is -3.72. The third-order valence-corrected chi connectivity index (χ3v) is 4.75. The molecule has 5 nitrogen and oxygen atoms in total. The zero-order valence-corrected chi connectivity index (χ0v) is 11.7. The van der Waals surface area contributed by atoms with E-state index in [1.54, 1.807) is 0 Å². The van der Waals surface area contributed by atoms with Gasteiger partial charge in [0, 0.05) is 12.6 Å². The van der Waals surface area contributed by atoms with Crippen LogP contribution in [-0.2, 0) is 10.0 Å². The second kappa shape index (κ2) is 6.31. The zero-order valence-electron chi connectivity index (χ0n) is 10.9. The number of halogens is 1. The monoisotopic (exact) mass is 297 g/mol. The van der Waals surface area contributed by atoms with E-state index >= 15 is 0 Å². The first kappa shape index (κ1) is 14.9. The molecule has 0 amide bonds. The van der Waals surface area contributed by atoms with Crippen LogP contribution in [0.15, 0.2) is 29.2 Å². The minimum atomic E-state index is -3.72. The van der Waals surface area contributed by atoms with Crippen LogP contribution in [0.4, 0.5) is 4.39 Å². The van der Waals surface area contributed by atoms with Crippen LogP contribution in [0.25, 0.3) is 0 Å². The van der Waals surface area contributed by atoms with E-state index in [1.165, 1.54) is 18.2 Å². The highest BCUT2D eigenvalue weighted by molar-refractivity contribution is 7.89. The van der Waals surface area contributed by atoms with Crippen LogP contribution in [0.3, 0.4) is 0 Å². The number of piperidine rings is 1. The maximum Gasteiger partial charge on any atom is 0.240 e. The number of nitrogens with zero attached hydrogens (tertiary/aromatic N) is 2. The van der Waals surface area contributed by atoms with Crippen molar-refractivity contribution in [2.45, 2.75) is 23.8 Å². The summed E-state index contributed by atoms with van der Waals surface area (Å²) in [6, 6.07) is 6.75. The highest BCUT2D eigenvalue weighted by atomic mass is 32.2. The number of nitriles is 1. The first-order chi connectivity index (χ1) is 9.51. The lowest BCUT2D eigenvalue weighted by molar-refractivity contribution is 0.223. The Kier molecular flexibility index (Phi) is 4.70. The van der Waals surface area contributed by atoms with Crippen LogP contribution in [0, 0.1) is 17.1 Å². The predicted octanol–water partition coefficient (Wildman–Crippen LogP) is 1.09. The second-order valence-corrected chi connectivity index (χ2v) is 6.53. The van der Waals surface area contributed by atoms with Gasteiger partial charge in [-0.25, -0.2) is 17.5 Å². The van der Waals surface area contributed by atoms with Crippen LogP contribution in [0.2, 0.25) is 0 Å². The summed E-state index contributed by atoms with van der Waals surface area (Å²) in [5.74, 6) is -0.581. The van der Waals surface area contributed by atoms with Crippen LogP contribution in [-0.4, -0.2) is 39.0 Å². The highest BCUT2D eigenvalue weighted by Gasteiger charge is 2.25. The lowest BCUT2D eigenvalue weighted by atomic mass is 10.1. The molecule has 0 aromatic heterocycles. The molecule has 0 aliphatic carbocycles. The van der Waals surface area contributed by atoms with Gasteiger partial charge in [0.25, 0.3) is 0 Å². The van der Waals surface area contributed by atoms with Crippen molar-refractivity contribution in [2.24, 2.45) is 0 Å². The molecule has 0 radical (unpaired) electrons. The third kappa shape index (κ3) is 3.76. The summed E-state index contributed by atoms with van der Waals surface area (Å²) in [5, 5.41) is 8.67. The fourth-order valence-corrected chi connectivity index (χ4v) is 3.61. The minimum absolute atomic E-state index is 0.0742. The average Bonchev–Trinajstić information content (AvgIpc) is 2.39. The maximum absolute atomic E-state index is 13.1. The van der Waals surface area contributed by atoms with Crippen molar-refractivity contribution in [3.63, 3.8) is 0 Å². The van der Waals surface area contributed by atoms with Gasteiger partial charge in [-0.3, -0.25) is 4.90 Å². The van der Waals surface area contributed by atoms with E-state index in [0.717, 1.165) is 25.5 Å². The van der Waals surface area contributed by atoms with Gasteiger partial charge in [0.05, 0.1) is 17.5 Å². The molecule has 1 saturated heterocycles. The fraction of sp³-hybridized carbons (Fsp3) is 0.462. The molecule has 1 aromatic carbocycles. The molecule has 0 saturated carbocycles. The van der Waals surface area contributed by atoms with Crippen molar-refractivity contribution in [2.75, 3.05) is 19.6 Å². The van der Waals surface area contributed by atoms with Gasteiger partial charge >= 0.3 is 0 Å². The van der Waals surface area contributed by atoms with Crippen molar-refractivity contribution in [1.29, 1.82) is 5.26 Å². The van der Waals surface area contributed by atoms with Gasteiger partial charge in [-0.15, -0.1) is 0 Å². The Morgan fingerprint density at radius 2 is 2.30 bits per heavy atom. The molecular formula is C13H16FN3O2S. The number of hydrogen-bond acceptors (Lipinski definition) is 4. The summed E-state index contributed by atoms with van der Waals surface area (Å²) in [4.78, 5) is 1.83. The molecule has 1 aliphatic heterocycles. The highest BCUT2D eigenvalue weighted by Crippen LogP contribution is 2.15. The van der Waals surface area contributed by atoms with Crippen LogP contribution >= 0.6 is 0 Å². The van der Waals surface area contributed by atoms with Crippen molar-refractivity contribution in [3.8, 4) is 6.07 Å². The number of benzene rings is 1. The number of rotatable bonds is 4. The van der Waals surface area contributed by atoms with Gasteiger partial charge in [-0.2, -0.15) is 5.26 Å². The Hall–Kier alpha value is -1.49. The van der Waals surface area contributed by atoms with E-state index in [0.29, 0.717) is 6.54 Å². The average molecular weight is 297 g/mol. The Bertz CT molecular complexity index is 612. The van der Waals surface area contributed by atoms with Gasteiger partial charge in [0.2, 0.25) is 10.0 Å². The molecule has 7 heteroatoms. The fourth-order valence-electron chi connectivity index (χ4n) is 2.32. The summed E-state index contributed by atoms with van der Waals surface area (Å²) < 4.78 is 40.0. The normalized spacial score (nSPS) is 20.5. The van der Waals surface area contributed by atoms with E-state index in [1.807, 2.05) is 4.90 Å². The van der Waals surface area contributed by atoms with E-state index < -0.39 is 15.8 Å². The van der Waals surface area contributed by atoms with Crippen LogP contribution < -0.4 is 4.72 Å². The van der Waals surface area contributed by atoms with Crippen LogP contribution in [0.5, 0.6) is 0 Å². The van der Waals surface area contributed by atoms with Gasteiger partial charge in [0.1, 0.15) is 5.82 Å². The molecular weight excluding hydrogens is 281 g/mol. The summed E-state index contributed by atoms with van der Waals surface area (Å²) in [6.07, 6.45) is 1.55. The molecule has 0 bridgehead atoms. The van der Waals surface area contributed by atoms with Gasteiger partial charge in [0.15, 0.2) is 0 Å². The number of sulfonamides is 1. The predicted molar refractivity (Wildman–Crippen MR) is 71.8 cm³/mol. The molecule has 1 atom stereocenters. The van der Waals surface area contributed by atoms with Crippen molar-refractivity contribution in [3.05, 3.63) is 30.1 Å². The first-order valence-corrected chi connectivity index (χ1v) is 7.87. The molecule has 108 valence electrons. The van der Waals surface area contributed by atoms with E-state index in [-0.39, 0.29) is 17.5 Å². The van der Waals surface area contributed by atoms with Crippen LogP contribution in [0.1, 0.15) is 12.8 Å². The first-order valence-electron chi connectivity index (χ1n) is 6.38. The Morgan fingerprint density at radius 3 is 3.00 bits per heavy atom. The topological polar surface area (TPSA) is 73.2 Å². The summed E-state index contributed by atoms with van der Waals surface area (Å²) in [6.45, 7) is 1.59. The Morgan fingerprint density at radius 1 is 1.50 bits per heavy atom. The molecule has 0 spiro atoms. The molecule has 1 N–H and O–H groups in total. The van der Waals surface area contributed by atoms with Gasteiger partial charge in [-0.05, 0) is 37.6 Å². The molecule has 1 aromatic rings. The maximum atomic E-state index is 13.1. The van der Waals surface area contributed by atoms with E-state index in [4.69, 9.17) is 5.26 Å². The lowest BCUT2D eigenvalue weighted by Crippen LogP contribution is -2.47. The SMILES string of the molecule is N#CCN1CCC[C@H](NS(=O)(=O)c2cccc(F)c2)C1. The second-order valence-electron chi connectivity index (χ2n) is 4.81. The standard InChI is InChI=1S/C13H16FN3O2S/c14-11-3-1-5-13(9-11)20(18,19)16-12-4-2-7-17(10-12)8-6-15/h1,3,5,9,12,16H,2,4,7-8,10H2/t12-/m0/s1. The third-order valence-electron chi connectivity index (χ3n) is 3.23. The Labute approximate surface area is 118 Å².